The molecule has 0 spiro atoms. The number of nitrogens with zero attached hydrogens (tertiary/aromatic N) is 1. The highest BCUT2D eigenvalue weighted by Gasteiger charge is 2.14. The largest absolute Gasteiger partial charge is 0.375 e. The van der Waals surface area contributed by atoms with E-state index in [0.717, 1.165) is 22.3 Å². The van der Waals surface area contributed by atoms with Gasteiger partial charge in [-0.3, -0.25) is 10.2 Å². The van der Waals surface area contributed by atoms with Gasteiger partial charge in [-0.2, -0.15) is 5.10 Å². The van der Waals surface area contributed by atoms with Crippen LogP contribution in [0.25, 0.3) is 0 Å². The minimum Gasteiger partial charge on any atom is -0.375 e. The molecule has 0 heterocycles. The van der Waals surface area contributed by atoms with E-state index in [-0.39, 0.29) is 10.9 Å². The Morgan fingerprint density at radius 2 is 1.78 bits per heavy atom. The molecule has 5 heteroatoms. The van der Waals surface area contributed by atoms with Gasteiger partial charge in [0.15, 0.2) is 5.11 Å². The van der Waals surface area contributed by atoms with E-state index < -0.39 is 0 Å². The molecule has 0 atom stereocenters. The maximum absolute atomic E-state index is 12.1. The van der Waals surface area contributed by atoms with Crippen LogP contribution in [0.3, 0.4) is 0 Å². The fourth-order valence-corrected chi connectivity index (χ4v) is 1.86. The van der Waals surface area contributed by atoms with Gasteiger partial charge in [0.1, 0.15) is 0 Å². The highest BCUT2D eigenvalue weighted by Crippen LogP contribution is 2.21. The number of carbonyl (C=O) groups is 1. The molecule has 0 aliphatic rings. The molecule has 0 amide bonds. The van der Waals surface area contributed by atoms with Gasteiger partial charge in [-0.1, -0.05) is 6.07 Å². The van der Waals surface area contributed by atoms with Gasteiger partial charge in [-0.05, 0) is 62.2 Å². The topological polar surface area (TPSA) is 67.5 Å². The van der Waals surface area contributed by atoms with Crippen LogP contribution in [0.5, 0.6) is 0 Å². The number of aryl methyl sites for hydroxylation is 2. The van der Waals surface area contributed by atoms with Crippen molar-refractivity contribution >= 4 is 29.3 Å². The zero-order valence-electron chi connectivity index (χ0n) is 11.0. The highest BCUT2D eigenvalue weighted by atomic mass is 32.1. The van der Waals surface area contributed by atoms with Crippen LogP contribution in [0.2, 0.25) is 0 Å². The van der Waals surface area contributed by atoms with Gasteiger partial charge >= 0.3 is 0 Å². The number of hydrogen-bond donors (Lipinski definition) is 2. The Bertz CT molecular complexity index is 509. The van der Waals surface area contributed by atoms with Crippen molar-refractivity contribution in [2.75, 3.05) is 0 Å². The fraction of sp³-hybridized carbons (Fsp3) is 0.308. The second kappa shape index (κ2) is 5.73. The van der Waals surface area contributed by atoms with Crippen molar-refractivity contribution < 1.29 is 4.79 Å². The quantitative estimate of drug-likeness (QED) is 0.378. The number of nitrogens with one attached hydrogen (secondary N) is 1. The van der Waals surface area contributed by atoms with Gasteiger partial charge in [0.25, 0.3) is 0 Å². The molecule has 3 N–H and O–H groups in total. The summed E-state index contributed by atoms with van der Waals surface area (Å²) in [6, 6.07) is 2.08. The number of hydrogen-bond acceptors (Lipinski definition) is 3. The third-order valence-electron chi connectivity index (χ3n) is 2.97. The third-order valence-corrected chi connectivity index (χ3v) is 3.06. The molecule has 0 aromatic heterocycles. The Hall–Kier alpha value is -1.75. The molecule has 1 aromatic rings. The van der Waals surface area contributed by atoms with E-state index in [0.29, 0.717) is 5.56 Å². The number of Topliss-reactive ketones (excluding diaryl/α,β-unsaturated/α-hetero) is 1. The first-order valence-electron chi connectivity index (χ1n) is 5.54. The summed E-state index contributed by atoms with van der Waals surface area (Å²) in [6.45, 7) is 7.85. The maximum atomic E-state index is 12.1. The van der Waals surface area contributed by atoms with Crippen molar-refractivity contribution in [2.24, 2.45) is 10.8 Å². The Labute approximate surface area is 112 Å². The lowest BCUT2D eigenvalue weighted by Crippen LogP contribution is -2.24. The van der Waals surface area contributed by atoms with Crippen LogP contribution in [0, 0.1) is 27.7 Å². The molecule has 0 aliphatic heterocycles. The minimum absolute atomic E-state index is 0.0351. The molecule has 4 nitrogen and oxygen atoms in total. The molecule has 0 saturated heterocycles. The van der Waals surface area contributed by atoms with E-state index in [4.69, 9.17) is 5.73 Å². The number of nitrogens with two attached hydrogens (primary N) is 1. The van der Waals surface area contributed by atoms with E-state index in [2.05, 4.69) is 28.8 Å². The SMILES string of the molecule is Cc1cc(C)c(C)c(C(=O)/C=N/NC(N)=S)c1C. The smallest absolute Gasteiger partial charge is 0.206 e. The molecular weight excluding hydrogens is 246 g/mol. The second-order valence-corrected chi connectivity index (χ2v) is 4.67. The highest BCUT2D eigenvalue weighted by molar-refractivity contribution is 7.80. The Kier molecular flexibility index (Phi) is 4.55. The van der Waals surface area contributed by atoms with Crippen molar-refractivity contribution in [1.82, 2.24) is 5.43 Å². The van der Waals surface area contributed by atoms with Gasteiger partial charge < -0.3 is 5.73 Å². The fourth-order valence-electron chi connectivity index (χ4n) is 1.81. The average Bonchev–Trinajstić information content (AvgIpc) is 2.26. The zero-order valence-corrected chi connectivity index (χ0v) is 11.8. The minimum atomic E-state index is -0.152. The zero-order chi connectivity index (χ0) is 13.9. The van der Waals surface area contributed by atoms with Crippen molar-refractivity contribution in [2.45, 2.75) is 27.7 Å². The number of benzene rings is 1. The lowest BCUT2D eigenvalue weighted by atomic mass is 9.92. The molecule has 1 rings (SSSR count). The molecule has 1 aromatic carbocycles. The molecule has 0 saturated carbocycles. The monoisotopic (exact) mass is 263 g/mol. The lowest BCUT2D eigenvalue weighted by Gasteiger charge is -2.12. The number of ketones is 1. The summed E-state index contributed by atoms with van der Waals surface area (Å²) in [5.74, 6) is -0.152. The predicted molar refractivity (Wildman–Crippen MR) is 78.1 cm³/mol. The maximum Gasteiger partial charge on any atom is 0.206 e. The first kappa shape index (κ1) is 14.3. The third kappa shape index (κ3) is 3.13. The van der Waals surface area contributed by atoms with Gasteiger partial charge in [-0.15, -0.1) is 0 Å². The molecule has 0 bridgehead atoms. The van der Waals surface area contributed by atoms with Crippen molar-refractivity contribution in [3.63, 3.8) is 0 Å². The second-order valence-electron chi connectivity index (χ2n) is 4.23. The summed E-state index contributed by atoms with van der Waals surface area (Å²) in [4.78, 5) is 12.1. The van der Waals surface area contributed by atoms with E-state index in [1.165, 1.54) is 6.21 Å². The van der Waals surface area contributed by atoms with Crippen molar-refractivity contribution in [1.29, 1.82) is 0 Å². The van der Waals surface area contributed by atoms with Crippen LogP contribution < -0.4 is 11.2 Å². The predicted octanol–water partition coefficient (Wildman–Crippen LogP) is 1.92. The molecule has 0 radical (unpaired) electrons. The molecular formula is C13H17N3OS. The number of carbonyl (C=O) groups excluding carboxylic acids is 1. The summed E-state index contributed by atoms with van der Waals surface area (Å²) in [5, 5.41) is 3.73. The summed E-state index contributed by atoms with van der Waals surface area (Å²) >= 11 is 4.60. The molecule has 96 valence electrons. The first-order chi connectivity index (χ1) is 8.34. The molecule has 0 aliphatic carbocycles. The normalized spacial score (nSPS) is 10.7. The number of rotatable bonds is 3. The average molecular weight is 263 g/mol. The Morgan fingerprint density at radius 1 is 1.28 bits per heavy atom. The molecule has 0 unspecified atom stereocenters. The molecule has 0 fully saturated rings. The standard InChI is InChI=1S/C13H17N3OS/c1-7-5-8(2)10(4)12(9(7)3)11(17)6-15-16-13(14)18/h5-6H,1-4H3,(H3,14,16,18)/b15-6+. The van der Waals surface area contributed by atoms with Crippen LogP contribution in [0.15, 0.2) is 11.2 Å². The lowest BCUT2D eigenvalue weighted by molar-refractivity contribution is 0.106. The summed E-state index contributed by atoms with van der Waals surface area (Å²) in [5.41, 5.74) is 12.4. The Morgan fingerprint density at radius 3 is 2.22 bits per heavy atom. The van der Waals surface area contributed by atoms with Crippen LogP contribution in [0.1, 0.15) is 32.6 Å². The Balaban J connectivity index is 3.13. The van der Waals surface area contributed by atoms with E-state index in [9.17, 15) is 4.79 Å². The number of thiocarbonyl (C=S) groups is 1. The molecule has 18 heavy (non-hydrogen) atoms. The van der Waals surface area contributed by atoms with Crippen LogP contribution >= 0.6 is 12.2 Å². The van der Waals surface area contributed by atoms with Gasteiger partial charge in [-0.25, -0.2) is 0 Å². The van der Waals surface area contributed by atoms with Crippen LogP contribution in [-0.4, -0.2) is 17.1 Å². The van der Waals surface area contributed by atoms with E-state index >= 15 is 0 Å². The van der Waals surface area contributed by atoms with E-state index in [1.807, 2.05) is 27.7 Å². The summed E-state index contributed by atoms with van der Waals surface area (Å²) in [7, 11) is 0. The van der Waals surface area contributed by atoms with Gasteiger partial charge in [0.2, 0.25) is 5.78 Å². The van der Waals surface area contributed by atoms with Crippen molar-refractivity contribution in [3.05, 3.63) is 33.9 Å². The summed E-state index contributed by atoms with van der Waals surface area (Å²) in [6.07, 6.45) is 1.20. The van der Waals surface area contributed by atoms with E-state index in [1.54, 1.807) is 0 Å². The van der Waals surface area contributed by atoms with Crippen LogP contribution in [0.4, 0.5) is 0 Å². The first-order valence-corrected chi connectivity index (χ1v) is 5.95. The van der Waals surface area contributed by atoms with Crippen LogP contribution in [-0.2, 0) is 0 Å². The van der Waals surface area contributed by atoms with Crippen molar-refractivity contribution in [3.8, 4) is 0 Å². The van der Waals surface area contributed by atoms with Gasteiger partial charge in [0.05, 0.1) is 6.21 Å². The number of hydrazone groups is 1. The van der Waals surface area contributed by atoms with Gasteiger partial charge in [0, 0.05) is 5.56 Å². The summed E-state index contributed by atoms with van der Waals surface area (Å²) < 4.78 is 0.